The predicted octanol–water partition coefficient (Wildman–Crippen LogP) is 0.652. The Morgan fingerprint density at radius 1 is 1.23 bits per heavy atom. The van der Waals surface area contributed by atoms with E-state index >= 15 is 0 Å². The van der Waals surface area contributed by atoms with Gasteiger partial charge in [0.15, 0.2) is 0 Å². The van der Waals surface area contributed by atoms with Crippen LogP contribution in [0.15, 0.2) is 23.5 Å². The van der Waals surface area contributed by atoms with E-state index in [1.165, 1.54) is 0 Å². The molecule has 6 heteroatoms. The summed E-state index contributed by atoms with van der Waals surface area (Å²) in [6.45, 7) is 0. The third kappa shape index (κ3) is 2.02. The van der Waals surface area contributed by atoms with Crippen LogP contribution in [0.2, 0.25) is 0 Å². The van der Waals surface area contributed by atoms with Crippen LogP contribution in [0.1, 0.15) is 0 Å². The summed E-state index contributed by atoms with van der Waals surface area (Å²) in [7, 11) is 0. The van der Waals surface area contributed by atoms with Crippen molar-refractivity contribution in [3.63, 3.8) is 0 Å². The Hall–Kier alpha value is -1.01. The average molecular weight is 196 g/mol. The van der Waals surface area contributed by atoms with E-state index in [4.69, 9.17) is 15.3 Å². The lowest BCUT2D eigenvalue weighted by molar-refractivity contribution is -0.113. The zero-order chi connectivity index (χ0) is 10.2. The molecule has 0 aromatic carbocycles. The molecule has 1 aliphatic carbocycles. The minimum atomic E-state index is -4.75. The standard InChI is InChI=1S/C7H7F3O3/c8-7(9,10)4-1-3(11)2-5(12)6(4)13/h1-2,5-6,11-13H/t5-,6+/m0/s1. The molecule has 13 heavy (non-hydrogen) atoms. The maximum Gasteiger partial charge on any atom is 0.415 e. The first-order valence-electron chi connectivity index (χ1n) is 3.38. The first-order valence-corrected chi connectivity index (χ1v) is 3.38. The molecule has 0 aliphatic heterocycles. The summed E-state index contributed by atoms with van der Waals surface area (Å²) in [5, 5.41) is 26.5. The summed E-state index contributed by atoms with van der Waals surface area (Å²) < 4.78 is 36.2. The fourth-order valence-corrected chi connectivity index (χ4v) is 0.992. The highest BCUT2D eigenvalue weighted by atomic mass is 19.4. The van der Waals surface area contributed by atoms with Crippen molar-refractivity contribution in [1.29, 1.82) is 0 Å². The van der Waals surface area contributed by atoms with E-state index < -0.39 is 29.7 Å². The summed E-state index contributed by atoms with van der Waals surface area (Å²) in [6, 6.07) is 0. The van der Waals surface area contributed by atoms with Crippen LogP contribution >= 0.6 is 0 Å². The van der Waals surface area contributed by atoms with Gasteiger partial charge in [-0.25, -0.2) is 0 Å². The third-order valence-electron chi connectivity index (χ3n) is 1.61. The highest BCUT2D eigenvalue weighted by molar-refractivity contribution is 5.31. The lowest BCUT2D eigenvalue weighted by Gasteiger charge is -2.23. The van der Waals surface area contributed by atoms with E-state index in [0.29, 0.717) is 6.08 Å². The molecule has 0 heterocycles. The van der Waals surface area contributed by atoms with Crippen molar-refractivity contribution in [3.05, 3.63) is 23.5 Å². The highest BCUT2D eigenvalue weighted by Crippen LogP contribution is 2.32. The molecule has 3 nitrogen and oxygen atoms in total. The Bertz CT molecular complexity index is 267. The summed E-state index contributed by atoms with van der Waals surface area (Å²) in [6.07, 6.45) is -7.38. The molecule has 0 unspecified atom stereocenters. The molecule has 3 N–H and O–H groups in total. The quantitative estimate of drug-likeness (QED) is 0.533. The van der Waals surface area contributed by atoms with Crippen LogP contribution in [-0.2, 0) is 0 Å². The number of hydrogen-bond acceptors (Lipinski definition) is 3. The van der Waals surface area contributed by atoms with E-state index in [9.17, 15) is 13.2 Å². The molecule has 0 saturated heterocycles. The predicted molar refractivity (Wildman–Crippen MR) is 36.9 cm³/mol. The van der Waals surface area contributed by atoms with Gasteiger partial charge in [-0.1, -0.05) is 0 Å². The number of rotatable bonds is 0. The zero-order valence-electron chi connectivity index (χ0n) is 6.28. The van der Waals surface area contributed by atoms with Crippen molar-refractivity contribution in [3.8, 4) is 0 Å². The molecule has 0 spiro atoms. The molecular formula is C7H7F3O3. The van der Waals surface area contributed by atoms with Crippen LogP contribution in [0.25, 0.3) is 0 Å². The lowest BCUT2D eigenvalue weighted by Crippen LogP contribution is -2.35. The number of hydrogen-bond donors (Lipinski definition) is 3. The normalized spacial score (nSPS) is 29.6. The van der Waals surface area contributed by atoms with E-state index in [2.05, 4.69) is 0 Å². The monoisotopic (exact) mass is 196 g/mol. The summed E-state index contributed by atoms with van der Waals surface area (Å²) in [5.41, 5.74) is -1.35. The molecule has 0 saturated carbocycles. The summed E-state index contributed by atoms with van der Waals surface area (Å²) in [5.74, 6) is -0.704. The fourth-order valence-electron chi connectivity index (χ4n) is 0.992. The Morgan fingerprint density at radius 3 is 2.23 bits per heavy atom. The van der Waals surface area contributed by atoms with Gasteiger partial charge in [0, 0.05) is 0 Å². The molecule has 0 bridgehead atoms. The van der Waals surface area contributed by atoms with Gasteiger partial charge in [0.1, 0.15) is 18.0 Å². The molecule has 0 radical (unpaired) electrons. The summed E-state index contributed by atoms with van der Waals surface area (Å²) >= 11 is 0. The molecule has 74 valence electrons. The molecule has 0 aromatic rings. The van der Waals surface area contributed by atoms with Crippen molar-refractivity contribution in [1.82, 2.24) is 0 Å². The summed E-state index contributed by atoms with van der Waals surface area (Å²) in [4.78, 5) is 0. The van der Waals surface area contributed by atoms with Gasteiger partial charge in [0.05, 0.1) is 5.57 Å². The van der Waals surface area contributed by atoms with Crippen LogP contribution in [0.5, 0.6) is 0 Å². The smallest absolute Gasteiger partial charge is 0.415 e. The van der Waals surface area contributed by atoms with Gasteiger partial charge < -0.3 is 15.3 Å². The first kappa shape index (κ1) is 10.1. The van der Waals surface area contributed by atoms with Crippen molar-refractivity contribution in [2.24, 2.45) is 0 Å². The van der Waals surface area contributed by atoms with E-state index in [0.717, 1.165) is 6.08 Å². The second kappa shape index (κ2) is 3.04. The third-order valence-corrected chi connectivity index (χ3v) is 1.61. The van der Waals surface area contributed by atoms with E-state index in [1.54, 1.807) is 0 Å². The van der Waals surface area contributed by atoms with Gasteiger partial charge in [-0.2, -0.15) is 13.2 Å². The highest BCUT2D eigenvalue weighted by Gasteiger charge is 2.42. The average Bonchev–Trinajstić information content (AvgIpc) is 1.94. The van der Waals surface area contributed by atoms with Crippen LogP contribution in [-0.4, -0.2) is 33.7 Å². The second-order valence-electron chi connectivity index (χ2n) is 2.62. The minimum absolute atomic E-state index is 0.386. The Morgan fingerprint density at radius 2 is 1.77 bits per heavy atom. The fraction of sp³-hybridized carbons (Fsp3) is 0.429. The van der Waals surface area contributed by atoms with Crippen molar-refractivity contribution < 1.29 is 28.5 Å². The Labute approximate surface area is 71.4 Å². The molecule has 0 fully saturated rings. The van der Waals surface area contributed by atoms with E-state index in [-0.39, 0.29) is 0 Å². The van der Waals surface area contributed by atoms with Gasteiger partial charge >= 0.3 is 6.18 Å². The van der Waals surface area contributed by atoms with Crippen molar-refractivity contribution in [2.45, 2.75) is 18.4 Å². The number of aliphatic hydroxyl groups is 3. The minimum Gasteiger partial charge on any atom is -0.508 e. The largest absolute Gasteiger partial charge is 0.508 e. The maximum atomic E-state index is 12.1. The first-order chi connectivity index (χ1) is 5.82. The Kier molecular flexibility index (Phi) is 2.36. The van der Waals surface area contributed by atoms with Gasteiger partial charge in [-0.3, -0.25) is 0 Å². The number of halogens is 3. The number of aliphatic hydroxyl groups excluding tert-OH is 3. The van der Waals surface area contributed by atoms with Gasteiger partial charge in [-0.15, -0.1) is 0 Å². The molecule has 1 aliphatic rings. The van der Waals surface area contributed by atoms with E-state index in [1.807, 2.05) is 0 Å². The zero-order valence-corrected chi connectivity index (χ0v) is 6.28. The van der Waals surface area contributed by atoms with Crippen LogP contribution in [0.4, 0.5) is 13.2 Å². The van der Waals surface area contributed by atoms with Crippen LogP contribution in [0, 0.1) is 0 Å². The van der Waals surface area contributed by atoms with Crippen LogP contribution < -0.4 is 0 Å². The van der Waals surface area contributed by atoms with Crippen LogP contribution in [0.3, 0.4) is 0 Å². The van der Waals surface area contributed by atoms with Crippen molar-refractivity contribution >= 4 is 0 Å². The lowest BCUT2D eigenvalue weighted by atomic mass is 9.98. The van der Waals surface area contributed by atoms with Gasteiger partial charge in [0.25, 0.3) is 0 Å². The molecular weight excluding hydrogens is 189 g/mol. The van der Waals surface area contributed by atoms with Gasteiger partial charge in [0.2, 0.25) is 0 Å². The molecule has 0 aromatic heterocycles. The molecule has 1 rings (SSSR count). The topological polar surface area (TPSA) is 60.7 Å². The Balaban J connectivity index is 3.02. The van der Waals surface area contributed by atoms with Crippen molar-refractivity contribution in [2.75, 3.05) is 0 Å². The molecule has 0 amide bonds. The number of alkyl halides is 3. The second-order valence-corrected chi connectivity index (χ2v) is 2.62. The molecule has 2 atom stereocenters. The maximum absolute atomic E-state index is 12.1. The number of allylic oxidation sites excluding steroid dienone is 1. The SMILES string of the molecule is OC1=C[C@H](O)[C@H](O)C(C(F)(F)F)=C1. The van der Waals surface area contributed by atoms with Gasteiger partial charge in [-0.05, 0) is 12.2 Å².